The third kappa shape index (κ3) is 3.71. The molecule has 0 saturated carbocycles. The molecule has 26 heavy (non-hydrogen) atoms. The highest BCUT2D eigenvalue weighted by Gasteiger charge is 2.26. The minimum absolute atomic E-state index is 0.0673. The van der Waals surface area contributed by atoms with E-state index in [-0.39, 0.29) is 11.5 Å². The average molecular weight is 387 g/mol. The fourth-order valence-corrected chi connectivity index (χ4v) is 3.97. The van der Waals surface area contributed by atoms with Crippen LogP contribution in [0.5, 0.6) is 0 Å². The molecule has 8 heteroatoms. The zero-order valence-electron chi connectivity index (χ0n) is 14.0. The topological polar surface area (TPSA) is 96.3 Å². The van der Waals surface area contributed by atoms with Crippen molar-refractivity contribution in [3.63, 3.8) is 0 Å². The summed E-state index contributed by atoms with van der Waals surface area (Å²) in [5.41, 5.74) is 15.5. The van der Waals surface area contributed by atoms with E-state index in [0.717, 1.165) is 38.5 Å². The smallest absolute Gasteiger partial charge is 0.147 e. The Kier molecular flexibility index (Phi) is 4.86. The highest BCUT2D eigenvalue weighted by molar-refractivity contribution is 8.15. The number of rotatable bonds is 5. The molecule has 2 atom stereocenters. The summed E-state index contributed by atoms with van der Waals surface area (Å²) in [4.78, 5) is 0. The summed E-state index contributed by atoms with van der Waals surface area (Å²) in [6.45, 7) is 0.592. The van der Waals surface area contributed by atoms with Crippen LogP contribution in [0.2, 0.25) is 5.02 Å². The maximum atomic E-state index is 6.31. The molecule has 5 N–H and O–H groups in total. The van der Waals surface area contributed by atoms with Gasteiger partial charge in [0.25, 0.3) is 0 Å². The highest BCUT2D eigenvalue weighted by atomic mass is 35.5. The van der Waals surface area contributed by atoms with Gasteiger partial charge >= 0.3 is 0 Å². The normalized spacial score (nSPS) is 18.3. The molecule has 1 aliphatic rings. The van der Waals surface area contributed by atoms with Crippen LogP contribution in [0.25, 0.3) is 10.9 Å². The van der Waals surface area contributed by atoms with Gasteiger partial charge in [0.2, 0.25) is 0 Å². The highest BCUT2D eigenvalue weighted by Crippen LogP contribution is 2.28. The van der Waals surface area contributed by atoms with Gasteiger partial charge in [-0.15, -0.1) is 0 Å². The lowest BCUT2D eigenvalue weighted by Crippen LogP contribution is -2.42. The van der Waals surface area contributed by atoms with Crippen LogP contribution in [0.15, 0.2) is 53.8 Å². The van der Waals surface area contributed by atoms with Crippen molar-refractivity contribution in [2.24, 2.45) is 16.6 Å². The first kappa shape index (κ1) is 17.4. The number of aromatic amines is 1. The van der Waals surface area contributed by atoms with Crippen LogP contribution in [0.4, 0.5) is 0 Å². The van der Waals surface area contributed by atoms with Crippen LogP contribution in [-0.4, -0.2) is 38.3 Å². The Bertz CT molecular complexity index is 938. The molecule has 2 heterocycles. The van der Waals surface area contributed by atoms with Crippen LogP contribution in [-0.2, 0) is 6.42 Å². The largest absolute Gasteiger partial charge is 0.326 e. The van der Waals surface area contributed by atoms with E-state index in [1.165, 1.54) is 11.8 Å². The number of halogens is 1. The lowest BCUT2D eigenvalue weighted by atomic mass is 10.1. The number of hydrogen-bond donors (Lipinski definition) is 3. The minimum atomic E-state index is -0.235. The van der Waals surface area contributed by atoms with E-state index in [2.05, 4.69) is 21.4 Å². The van der Waals surface area contributed by atoms with Gasteiger partial charge in [-0.1, -0.05) is 41.6 Å². The number of benzene rings is 2. The van der Waals surface area contributed by atoms with Crippen LogP contribution >= 0.6 is 23.4 Å². The molecule has 1 aliphatic heterocycles. The summed E-state index contributed by atoms with van der Waals surface area (Å²) < 4.78 is 0. The molecule has 6 nitrogen and oxygen atoms in total. The number of hydrazone groups is 1. The first-order valence-electron chi connectivity index (χ1n) is 8.29. The van der Waals surface area contributed by atoms with Crippen molar-refractivity contribution < 1.29 is 0 Å². The second-order valence-electron chi connectivity index (χ2n) is 6.30. The van der Waals surface area contributed by atoms with Gasteiger partial charge in [-0.05, 0) is 36.2 Å². The molecule has 134 valence electrons. The van der Waals surface area contributed by atoms with E-state index in [1.54, 1.807) is 6.20 Å². The molecular weight excluding hydrogens is 368 g/mol. The van der Waals surface area contributed by atoms with Gasteiger partial charge < -0.3 is 11.5 Å². The third-order valence-electron chi connectivity index (χ3n) is 4.27. The van der Waals surface area contributed by atoms with Crippen molar-refractivity contribution in [1.29, 1.82) is 0 Å². The van der Waals surface area contributed by atoms with Crippen molar-refractivity contribution in [2.45, 2.75) is 18.0 Å². The first-order valence-corrected chi connectivity index (χ1v) is 9.55. The number of hydrogen-bond acceptors (Lipinski definition) is 6. The summed E-state index contributed by atoms with van der Waals surface area (Å²) in [5.74, 6) is 0. The van der Waals surface area contributed by atoms with Gasteiger partial charge in [0.1, 0.15) is 10.5 Å². The molecule has 0 radical (unpaired) electrons. The Labute approximate surface area is 160 Å². The van der Waals surface area contributed by atoms with Gasteiger partial charge in [0.15, 0.2) is 0 Å². The van der Waals surface area contributed by atoms with E-state index >= 15 is 0 Å². The predicted molar refractivity (Wildman–Crippen MR) is 108 cm³/mol. The van der Waals surface area contributed by atoms with Gasteiger partial charge in [0.05, 0.1) is 18.3 Å². The molecule has 4 rings (SSSR count). The van der Waals surface area contributed by atoms with Crippen LogP contribution in [0.3, 0.4) is 0 Å². The quantitative estimate of drug-likeness (QED) is 0.626. The third-order valence-corrected chi connectivity index (χ3v) is 5.54. The van der Waals surface area contributed by atoms with Crippen LogP contribution < -0.4 is 11.5 Å². The number of thioether (sulfide) groups is 1. The first-order chi connectivity index (χ1) is 12.6. The van der Waals surface area contributed by atoms with Crippen LogP contribution in [0.1, 0.15) is 11.1 Å². The summed E-state index contributed by atoms with van der Waals surface area (Å²) in [6.07, 6.45) is 2.55. The summed E-state index contributed by atoms with van der Waals surface area (Å²) >= 11 is 7.46. The fourth-order valence-electron chi connectivity index (χ4n) is 2.95. The zero-order valence-corrected chi connectivity index (χ0v) is 15.5. The average Bonchev–Trinajstić information content (AvgIpc) is 3.23. The van der Waals surface area contributed by atoms with E-state index in [4.69, 9.17) is 23.1 Å². The molecule has 0 amide bonds. The Hall–Kier alpha value is -2.06. The van der Waals surface area contributed by atoms with Gasteiger partial charge in [-0.25, -0.2) is 0 Å². The van der Waals surface area contributed by atoms with Crippen LogP contribution in [0, 0.1) is 0 Å². The standard InChI is InChI=1S/C18H19ClN6S/c19-14-4-1-11(2-5-14)7-15(20)10-25-18(21)26-17(24-25)12-3-6-16-13(8-12)9-22-23-16/h1-6,8-9,15,18H,7,10,20-21H2,(H,22,23)/t15-,18?/m1/s1. The summed E-state index contributed by atoms with van der Waals surface area (Å²) in [7, 11) is 0. The number of nitrogens with zero attached hydrogens (tertiary/aromatic N) is 3. The van der Waals surface area contributed by atoms with E-state index in [1.807, 2.05) is 41.4 Å². The number of fused-ring (bicyclic) bond motifs is 1. The molecule has 0 saturated heterocycles. The Balaban J connectivity index is 1.45. The molecule has 3 aromatic rings. The molecule has 0 spiro atoms. The Morgan fingerprint density at radius 1 is 1.23 bits per heavy atom. The number of aromatic nitrogens is 2. The molecule has 1 aromatic heterocycles. The van der Waals surface area contributed by atoms with Crippen molar-refractivity contribution in [1.82, 2.24) is 15.2 Å². The molecule has 0 fully saturated rings. The zero-order chi connectivity index (χ0) is 18.1. The predicted octanol–water partition coefficient (Wildman–Crippen LogP) is 2.74. The van der Waals surface area contributed by atoms with Gasteiger partial charge in [0, 0.05) is 22.0 Å². The second-order valence-corrected chi connectivity index (χ2v) is 7.84. The number of H-pyrrole nitrogens is 1. The fraction of sp³-hybridized carbons (Fsp3) is 0.222. The maximum absolute atomic E-state index is 6.31. The lowest BCUT2D eigenvalue weighted by Gasteiger charge is -2.22. The van der Waals surface area contributed by atoms with E-state index < -0.39 is 0 Å². The van der Waals surface area contributed by atoms with Crippen molar-refractivity contribution in [3.05, 3.63) is 64.8 Å². The van der Waals surface area contributed by atoms with Gasteiger partial charge in [-0.2, -0.15) is 10.2 Å². The Morgan fingerprint density at radius 2 is 2.04 bits per heavy atom. The lowest BCUT2D eigenvalue weighted by molar-refractivity contribution is 0.261. The molecular formula is C18H19ClN6S. The van der Waals surface area contributed by atoms with E-state index in [9.17, 15) is 0 Å². The van der Waals surface area contributed by atoms with Gasteiger partial charge in [-0.3, -0.25) is 10.1 Å². The number of nitrogens with one attached hydrogen (secondary N) is 1. The summed E-state index contributed by atoms with van der Waals surface area (Å²) in [5, 5.41) is 16.2. The Morgan fingerprint density at radius 3 is 2.85 bits per heavy atom. The monoisotopic (exact) mass is 386 g/mol. The minimum Gasteiger partial charge on any atom is -0.326 e. The molecule has 2 aromatic carbocycles. The molecule has 0 aliphatic carbocycles. The maximum Gasteiger partial charge on any atom is 0.147 e. The number of nitrogens with two attached hydrogens (primary N) is 2. The van der Waals surface area contributed by atoms with Crippen molar-refractivity contribution >= 4 is 39.3 Å². The second kappa shape index (κ2) is 7.28. The van der Waals surface area contributed by atoms with Crippen molar-refractivity contribution in [2.75, 3.05) is 6.54 Å². The van der Waals surface area contributed by atoms with E-state index in [0.29, 0.717) is 6.54 Å². The van der Waals surface area contributed by atoms with Crippen molar-refractivity contribution in [3.8, 4) is 0 Å². The summed E-state index contributed by atoms with van der Waals surface area (Å²) in [6, 6.07) is 13.8. The molecule has 0 bridgehead atoms. The SMILES string of the molecule is NC1SC(c2ccc3[nH]ncc3c2)=NN1C[C@H](N)Cc1ccc(Cl)cc1. The molecule has 1 unspecified atom stereocenters.